The van der Waals surface area contributed by atoms with Gasteiger partial charge in [-0.15, -0.1) is 0 Å². The first-order valence-corrected chi connectivity index (χ1v) is 4.66. The molecule has 1 aromatic rings. The molecule has 0 atom stereocenters. The highest BCUT2D eigenvalue weighted by Crippen LogP contribution is 2.30. The Hall–Kier alpha value is -1.05. The lowest BCUT2D eigenvalue weighted by molar-refractivity contribution is 0.0738. The molecule has 1 saturated carbocycles. The summed E-state index contributed by atoms with van der Waals surface area (Å²) in [5, 5.41) is 0. The molecular weight excluding hydrogens is 167 g/mol. The quantitative estimate of drug-likeness (QED) is 0.679. The highest BCUT2D eigenvalue weighted by atomic mass is 19.1. The molecule has 0 spiro atoms. The monoisotopic (exact) mass is 180 g/mol. The minimum Gasteiger partial charge on any atom is -0.490 e. The summed E-state index contributed by atoms with van der Waals surface area (Å²) >= 11 is 0. The molecule has 13 heavy (non-hydrogen) atoms. The third-order valence-electron chi connectivity index (χ3n) is 2.45. The van der Waals surface area contributed by atoms with Gasteiger partial charge in [-0.25, -0.2) is 4.39 Å². The Bertz CT molecular complexity index is 275. The third kappa shape index (κ3) is 2.00. The summed E-state index contributed by atoms with van der Waals surface area (Å²) in [5.41, 5.74) is 0. The van der Waals surface area contributed by atoms with Crippen LogP contribution < -0.4 is 4.74 Å². The normalized spacial score (nSPS) is 26.6. The minimum absolute atomic E-state index is 0.214. The largest absolute Gasteiger partial charge is 0.490 e. The summed E-state index contributed by atoms with van der Waals surface area (Å²) in [6.07, 6.45) is 2.59. The van der Waals surface area contributed by atoms with Crippen LogP contribution in [0.2, 0.25) is 0 Å². The number of halogens is 1. The van der Waals surface area contributed by atoms with E-state index in [0.717, 1.165) is 24.5 Å². The smallest absolute Gasteiger partial charge is 0.123 e. The third-order valence-corrected chi connectivity index (χ3v) is 2.45. The number of rotatable bonds is 2. The van der Waals surface area contributed by atoms with Crippen molar-refractivity contribution in [3.63, 3.8) is 0 Å². The zero-order valence-electron chi connectivity index (χ0n) is 7.66. The van der Waals surface area contributed by atoms with E-state index in [0.29, 0.717) is 6.10 Å². The van der Waals surface area contributed by atoms with Crippen LogP contribution in [0.1, 0.15) is 19.8 Å². The first-order valence-electron chi connectivity index (χ1n) is 4.66. The van der Waals surface area contributed by atoms with Crippen molar-refractivity contribution in [3.8, 4) is 5.75 Å². The Balaban J connectivity index is 1.91. The van der Waals surface area contributed by atoms with Crippen molar-refractivity contribution in [1.29, 1.82) is 0 Å². The standard InChI is InChI=1S/C11H13FO/c1-8-6-11(7-8)13-10-4-2-9(12)3-5-10/h2-5,8,11H,6-7H2,1H3/t8-,11+. The molecule has 0 bridgehead atoms. The van der Waals surface area contributed by atoms with Gasteiger partial charge in [0, 0.05) is 0 Å². The molecule has 0 aromatic heterocycles. The van der Waals surface area contributed by atoms with Crippen molar-refractivity contribution < 1.29 is 9.13 Å². The number of ether oxygens (including phenoxy) is 1. The van der Waals surface area contributed by atoms with Gasteiger partial charge in [-0.05, 0) is 43.0 Å². The van der Waals surface area contributed by atoms with Gasteiger partial charge in [-0.2, -0.15) is 0 Å². The predicted octanol–water partition coefficient (Wildman–Crippen LogP) is 3.00. The molecule has 0 aliphatic heterocycles. The minimum atomic E-state index is -0.214. The maximum Gasteiger partial charge on any atom is 0.123 e. The van der Waals surface area contributed by atoms with Crippen molar-refractivity contribution in [2.45, 2.75) is 25.9 Å². The van der Waals surface area contributed by atoms with E-state index in [1.807, 2.05) is 0 Å². The van der Waals surface area contributed by atoms with Crippen LogP contribution in [0.5, 0.6) is 5.75 Å². The molecule has 0 unspecified atom stereocenters. The highest BCUT2D eigenvalue weighted by molar-refractivity contribution is 5.22. The lowest BCUT2D eigenvalue weighted by Crippen LogP contribution is -2.31. The topological polar surface area (TPSA) is 9.23 Å². The number of hydrogen-bond donors (Lipinski definition) is 0. The van der Waals surface area contributed by atoms with Gasteiger partial charge < -0.3 is 4.74 Å². The molecule has 0 heterocycles. The first-order chi connectivity index (χ1) is 6.24. The summed E-state index contributed by atoms with van der Waals surface area (Å²) in [6.45, 7) is 2.21. The maximum atomic E-state index is 12.5. The number of benzene rings is 1. The van der Waals surface area contributed by atoms with Crippen molar-refractivity contribution in [2.75, 3.05) is 0 Å². The second kappa shape index (κ2) is 3.36. The van der Waals surface area contributed by atoms with E-state index >= 15 is 0 Å². The van der Waals surface area contributed by atoms with E-state index in [4.69, 9.17) is 4.74 Å². The van der Waals surface area contributed by atoms with Crippen LogP contribution in [0.15, 0.2) is 24.3 Å². The summed E-state index contributed by atoms with van der Waals surface area (Å²) in [5.74, 6) is 1.35. The van der Waals surface area contributed by atoms with Crippen molar-refractivity contribution in [3.05, 3.63) is 30.1 Å². The highest BCUT2D eigenvalue weighted by Gasteiger charge is 2.26. The fourth-order valence-electron chi connectivity index (χ4n) is 1.63. The molecule has 0 radical (unpaired) electrons. The van der Waals surface area contributed by atoms with E-state index in [9.17, 15) is 4.39 Å². The van der Waals surface area contributed by atoms with Crippen LogP contribution in [0.25, 0.3) is 0 Å². The number of hydrogen-bond acceptors (Lipinski definition) is 1. The molecule has 0 saturated heterocycles. The second-order valence-corrected chi connectivity index (χ2v) is 3.77. The van der Waals surface area contributed by atoms with E-state index in [1.54, 1.807) is 12.1 Å². The fourth-order valence-corrected chi connectivity index (χ4v) is 1.63. The molecular formula is C11H13FO. The van der Waals surface area contributed by atoms with Crippen LogP contribution in [0, 0.1) is 11.7 Å². The summed E-state index contributed by atoms with van der Waals surface area (Å²) in [4.78, 5) is 0. The van der Waals surface area contributed by atoms with Crippen LogP contribution in [0.4, 0.5) is 4.39 Å². The molecule has 0 N–H and O–H groups in total. The van der Waals surface area contributed by atoms with Crippen LogP contribution in [-0.4, -0.2) is 6.10 Å². The summed E-state index contributed by atoms with van der Waals surface area (Å²) in [6, 6.07) is 6.21. The van der Waals surface area contributed by atoms with Crippen LogP contribution in [-0.2, 0) is 0 Å². The van der Waals surface area contributed by atoms with Gasteiger partial charge in [-0.1, -0.05) is 6.92 Å². The van der Waals surface area contributed by atoms with Gasteiger partial charge >= 0.3 is 0 Å². The van der Waals surface area contributed by atoms with E-state index in [2.05, 4.69) is 6.92 Å². The van der Waals surface area contributed by atoms with E-state index in [-0.39, 0.29) is 5.82 Å². The maximum absolute atomic E-state index is 12.5. The molecule has 1 aliphatic carbocycles. The molecule has 1 nitrogen and oxygen atoms in total. The van der Waals surface area contributed by atoms with Crippen LogP contribution in [0.3, 0.4) is 0 Å². The van der Waals surface area contributed by atoms with Gasteiger partial charge in [0.1, 0.15) is 11.6 Å². The predicted molar refractivity (Wildman–Crippen MR) is 49.2 cm³/mol. The Kier molecular flexibility index (Phi) is 2.21. The molecule has 1 aliphatic rings. The lowest BCUT2D eigenvalue weighted by atomic mass is 9.84. The molecule has 2 rings (SSSR count). The molecule has 1 aromatic carbocycles. The Morgan fingerprint density at radius 2 is 1.85 bits per heavy atom. The van der Waals surface area contributed by atoms with Gasteiger partial charge in [0.05, 0.1) is 6.10 Å². The Morgan fingerprint density at radius 3 is 2.38 bits per heavy atom. The molecule has 0 amide bonds. The molecule has 2 heteroatoms. The van der Waals surface area contributed by atoms with Gasteiger partial charge in [0.2, 0.25) is 0 Å². The van der Waals surface area contributed by atoms with Crippen molar-refractivity contribution >= 4 is 0 Å². The van der Waals surface area contributed by atoms with Crippen molar-refractivity contribution in [2.24, 2.45) is 5.92 Å². The molecule has 1 fully saturated rings. The van der Waals surface area contributed by atoms with E-state index < -0.39 is 0 Å². The molecule has 70 valence electrons. The van der Waals surface area contributed by atoms with Gasteiger partial charge in [0.25, 0.3) is 0 Å². The average molecular weight is 180 g/mol. The van der Waals surface area contributed by atoms with Gasteiger partial charge in [0.15, 0.2) is 0 Å². The fraction of sp³-hybridized carbons (Fsp3) is 0.455. The van der Waals surface area contributed by atoms with Gasteiger partial charge in [-0.3, -0.25) is 0 Å². The first kappa shape index (κ1) is 8.54. The summed E-state index contributed by atoms with van der Waals surface area (Å²) < 4.78 is 18.1. The lowest BCUT2D eigenvalue weighted by Gasteiger charge is -2.32. The summed E-state index contributed by atoms with van der Waals surface area (Å²) in [7, 11) is 0. The Labute approximate surface area is 77.5 Å². The Morgan fingerprint density at radius 1 is 1.23 bits per heavy atom. The SMILES string of the molecule is C[C@H]1C[C@@H](Oc2ccc(F)cc2)C1. The zero-order chi connectivity index (χ0) is 9.26. The second-order valence-electron chi connectivity index (χ2n) is 3.77. The van der Waals surface area contributed by atoms with Crippen molar-refractivity contribution in [1.82, 2.24) is 0 Å². The zero-order valence-corrected chi connectivity index (χ0v) is 7.66. The van der Waals surface area contributed by atoms with E-state index in [1.165, 1.54) is 12.1 Å². The van der Waals surface area contributed by atoms with Crippen LogP contribution >= 0.6 is 0 Å². The average Bonchev–Trinajstić information content (AvgIpc) is 2.06.